The third kappa shape index (κ3) is 4.51. The number of carbonyl (C=O) groups is 1. The fourth-order valence-electron chi connectivity index (χ4n) is 3.21. The van der Waals surface area contributed by atoms with Crippen LogP contribution in [0.4, 0.5) is 11.9 Å². The number of hydrogen-bond acceptors (Lipinski definition) is 8. The Bertz CT molecular complexity index is 754. The lowest BCUT2D eigenvalue weighted by Gasteiger charge is -2.28. The Kier molecular flexibility index (Phi) is 5.42. The summed E-state index contributed by atoms with van der Waals surface area (Å²) in [6, 6.07) is 1.79. The third-order valence-electron chi connectivity index (χ3n) is 4.65. The average molecular weight is 372 g/mol. The first-order valence-electron chi connectivity index (χ1n) is 9.35. The van der Waals surface area contributed by atoms with Crippen molar-refractivity contribution in [2.24, 2.45) is 0 Å². The number of amides is 1. The van der Waals surface area contributed by atoms with E-state index in [-0.39, 0.29) is 19.0 Å². The van der Waals surface area contributed by atoms with Crippen LogP contribution in [0, 0.1) is 0 Å². The summed E-state index contributed by atoms with van der Waals surface area (Å²) in [6.45, 7) is 5.20. The Morgan fingerprint density at radius 2 is 1.74 bits per heavy atom. The summed E-state index contributed by atoms with van der Waals surface area (Å²) in [7, 11) is 0. The summed E-state index contributed by atoms with van der Waals surface area (Å²) in [5.41, 5.74) is 0. The van der Waals surface area contributed by atoms with Crippen LogP contribution in [0.1, 0.15) is 18.7 Å². The van der Waals surface area contributed by atoms with E-state index in [1.54, 1.807) is 23.1 Å². The first-order valence-corrected chi connectivity index (χ1v) is 9.35. The molecule has 2 aliphatic heterocycles. The number of anilines is 2. The number of rotatable bonds is 6. The van der Waals surface area contributed by atoms with Crippen molar-refractivity contribution in [3.63, 3.8) is 0 Å². The maximum atomic E-state index is 12.1. The zero-order chi connectivity index (χ0) is 18.5. The monoisotopic (exact) mass is 372 g/mol. The van der Waals surface area contributed by atoms with Crippen LogP contribution in [-0.2, 0) is 22.6 Å². The molecular weight excluding hydrogens is 348 g/mol. The summed E-state index contributed by atoms with van der Waals surface area (Å²) in [5.74, 6) is 1.80. The van der Waals surface area contributed by atoms with Crippen molar-refractivity contribution in [3.8, 4) is 0 Å². The van der Waals surface area contributed by atoms with Crippen molar-refractivity contribution in [3.05, 3.63) is 24.3 Å². The number of morpholine rings is 1. The van der Waals surface area contributed by atoms with Gasteiger partial charge in [-0.05, 0) is 18.9 Å². The summed E-state index contributed by atoms with van der Waals surface area (Å²) in [4.78, 5) is 30.3. The van der Waals surface area contributed by atoms with Crippen molar-refractivity contribution in [2.45, 2.75) is 25.9 Å². The van der Waals surface area contributed by atoms with E-state index in [0.717, 1.165) is 39.0 Å². The van der Waals surface area contributed by atoms with E-state index >= 15 is 0 Å². The van der Waals surface area contributed by atoms with Gasteiger partial charge in [0.2, 0.25) is 17.8 Å². The van der Waals surface area contributed by atoms with E-state index < -0.39 is 0 Å². The molecule has 144 valence electrons. The van der Waals surface area contributed by atoms with Crippen LogP contribution >= 0.6 is 0 Å². The molecule has 0 aliphatic carbocycles. The van der Waals surface area contributed by atoms with Crippen LogP contribution in [0.5, 0.6) is 0 Å². The normalized spacial score (nSPS) is 17.3. The number of carbonyl (C=O) groups excluding carboxylic acids is 1. The van der Waals surface area contributed by atoms with Gasteiger partial charge in [0.1, 0.15) is 6.54 Å². The van der Waals surface area contributed by atoms with E-state index in [1.807, 2.05) is 0 Å². The lowest BCUT2D eigenvalue weighted by atomic mass is 10.4. The standard InChI is InChI=1S/C17H24N8O2/c26-15(13-25-7-3-4-19-25)18-12-14-20-16(23-5-1-2-6-23)22-17(21-14)24-8-10-27-11-9-24/h3-4,7H,1-2,5-6,8-13H2,(H,18,26). The molecule has 0 unspecified atom stereocenters. The van der Waals surface area contributed by atoms with Crippen LogP contribution in [0.3, 0.4) is 0 Å². The second-order valence-electron chi connectivity index (χ2n) is 6.63. The lowest BCUT2D eigenvalue weighted by molar-refractivity contribution is -0.122. The molecule has 2 aliphatic rings. The summed E-state index contributed by atoms with van der Waals surface area (Å²) >= 11 is 0. The lowest BCUT2D eigenvalue weighted by Crippen LogP contribution is -2.38. The van der Waals surface area contributed by atoms with E-state index in [4.69, 9.17) is 4.74 Å². The molecule has 2 aromatic heterocycles. The van der Waals surface area contributed by atoms with Crippen LogP contribution in [0.2, 0.25) is 0 Å². The molecule has 0 radical (unpaired) electrons. The van der Waals surface area contributed by atoms with Crippen LogP contribution < -0.4 is 15.1 Å². The molecule has 10 nitrogen and oxygen atoms in total. The first-order chi connectivity index (χ1) is 13.3. The molecule has 0 spiro atoms. The Morgan fingerprint density at radius 1 is 1.04 bits per heavy atom. The number of nitrogens with one attached hydrogen (secondary N) is 1. The van der Waals surface area contributed by atoms with Gasteiger partial charge < -0.3 is 19.9 Å². The van der Waals surface area contributed by atoms with Crippen LogP contribution in [-0.4, -0.2) is 70.0 Å². The predicted octanol–water partition coefficient (Wildman–Crippen LogP) is -0.179. The van der Waals surface area contributed by atoms with Gasteiger partial charge in [0, 0.05) is 38.6 Å². The molecule has 2 aromatic rings. The Hall–Kier alpha value is -2.75. The van der Waals surface area contributed by atoms with Crippen molar-refractivity contribution >= 4 is 17.8 Å². The van der Waals surface area contributed by atoms with Gasteiger partial charge in [-0.2, -0.15) is 20.1 Å². The maximum Gasteiger partial charge on any atom is 0.242 e. The summed E-state index contributed by atoms with van der Waals surface area (Å²) < 4.78 is 7.00. The largest absolute Gasteiger partial charge is 0.378 e. The molecule has 0 aromatic carbocycles. The highest BCUT2D eigenvalue weighted by Gasteiger charge is 2.21. The second-order valence-corrected chi connectivity index (χ2v) is 6.63. The molecule has 4 rings (SSSR count). The molecule has 2 fully saturated rings. The fraction of sp³-hybridized carbons (Fsp3) is 0.588. The molecule has 1 amide bonds. The highest BCUT2D eigenvalue weighted by Crippen LogP contribution is 2.19. The topological polar surface area (TPSA) is 101 Å². The van der Waals surface area contributed by atoms with Gasteiger partial charge in [-0.25, -0.2) is 0 Å². The van der Waals surface area contributed by atoms with Gasteiger partial charge in [-0.1, -0.05) is 0 Å². The Morgan fingerprint density at radius 3 is 2.41 bits per heavy atom. The zero-order valence-electron chi connectivity index (χ0n) is 15.3. The average Bonchev–Trinajstić information content (AvgIpc) is 3.41. The minimum atomic E-state index is -0.130. The van der Waals surface area contributed by atoms with Crippen molar-refractivity contribution in [1.82, 2.24) is 30.0 Å². The molecule has 1 N–H and O–H groups in total. The highest BCUT2D eigenvalue weighted by atomic mass is 16.5. The van der Waals surface area contributed by atoms with Gasteiger partial charge in [-0.3, -0.25) is 9.48 Å². The van der Waals surface area contributed by atoms with E-state index in [9.17, 15) is 4.79 Å². The summed E-state index contributed by atoms with van der Waals surface area (Å²) in [5, 5.41) is 6.91. The number of nitrogens with zero attached hydrogens (tertiary/aromatic N) is 7. The number of aromatic nitrogens is 5. The van der Waals surface area contributed by atoms with Crippen molar-refractivity contribution < 1.29 is 9.53 Å². The van der Waals surface area contributed by atoms with Gasteiger partial charge in [0.25, 0.3) is 0 Å². The van der Waals surface area contributed by atoms with Gasteiger partial charge in [0.15, 0.2) is 5.82 Å². The predicted molar refractivity (Wildman–Crippen MR) is 98.4 cm³/mol. The van der Waals surface area contributed by atoms with Crippen molar-refractivity contribution in [2.75, 3.05) is 49.2 Å². The molecule has 10 heteroatoms. The second kappa shape index (κ2) is 8.30. The molecule has 0 saturated carbocycles. The molecule has 2 saturated heterocycles. The quantitative estimate of drug-likeness (QED) is 0.745. The van der Waals surface area contributed by atoms with Crippen LogP contribution in [0.25, 0.3) is 0 Å². The third-order valence-corrected chi connectivity index (χ3v) is 4.65. The molecule has 0 atom stereocenters. The fourth-order valence-corrected chi connectivity index (χ4v) is 3.21. The van der Waals surface area contributed by atoms with E-state index in [1.165, 1.54) is 0 Å². The first kappa shape index (κ1) is 17.7. The Balaban J connectivity index is 1.47. The maximum absolute atomic E-state index is 12.1. The minimum Gasteiger partial charge on any atom is -0.378 e. The molecule has 27 heavy (non-hydrogen) atoms. The molecule has 4 heterocycles. The zero-order valence-corrected chi connectivity index (χ0v) is 15.3. The van der Waals surface area contributed by atoms with Gasteiger partial charge in [0.05, 0.1) is 19.8 Å². The minimum absolute atomic E-state index is 0.130. The van der Waals surface area contributed by atoms with E-state index in [0.29, 0.717) is 30.9 Å². The smallest absolute Gasteiger partial charge is 0.242 e. The van der Waals surface area contributed by atoms with Crippen molar-refractivity contribution in [1.29, 1.82) is 0 Å². The molecule has 0 bridgehead atoms. The van der Waals surface area contributed by atoms with E-state index in [2.05, 4.69) is 35.2 Å². The highest BCUT2D eigenvalue weighted by molar-refractivity contribution is 5.75. The van der Waals surface area contributed by atoms with Gasteiger partial charge >= 0.3 is 0 Å². The Labute approximate surface area is 157 Å². The van der Waals surface area contributed by atoms with Gasteiger partial charge in [-0.15, -0.1) is 0 Å². The SMILES string of the molecule is O=C(Cn1cccn1)NCc1nc(N2CCCC2)nc(N2CCOCC2)n1. The van der Waals surface area contributed by atoms with Crippen LogP contribution in [0.15, 0.2) is 18.5 Å². The summed E-state index contributed by atoms with van der Waals surface area (Å²) in [6.07, 6.45) is 5.70. The number of hydrogen-bond donors (Lipinski definition) is 1. The number of ether oxygens (including phenoxy) is 1. The molecular formula is C17H24N8O2.